The molecule has 2 amide bonds. The number of primary amides is 1. The average Bonchev–Trinajstić information content (AvgIpc) is 2.53. The van der Waals surface area contributed by atoms with Gasteiger partial charge in [-0.05, 0) is 68.1 Å². The second-order valence-electron chi connectivity index (χ2n) is 5.98. The summed E-state index contributed by atoms with van der Waals surface area (Å²) in [6.07, 6.45) is 2.79. The van der Waals surface area contributed by atoms with Crippen molar-refractivity contribution in [3.63, 3.8) is 0 Å². The molecule has 1 unspecified atom stereocenters. The highest BCUT2D eigenvalue weighted by molar-refractivity contribution is 5.87. The molecule has 0 saturated carbocycles. The number of hydrogen-bond donors (Lipinski definition) is 3. The van der Waals surface area contributed by atoms with Gasteiger partial charge in [0, 0.05) is 11.7 Å². The Labute approximate surface area is 142 Å². The minimum absolute atomic E-state index is 0.196. The van der Waals surface area contributed by atoms with E-state index in [9.17, 15) is 9.18 Å². The van der Waals surface area contributed by atoms with Crippen LogP contribution in [0.4, 0.5) is 14.9 Å². The maximum atomic E-state index is 12.8. The topological polar surface area (TPSA) is 67.1 Å². The van der Waals surface area contributed by atoms with Crippen molar-refractivity contribution in [2.75, 3.05) is 11.9 Å². The Kier molecular flexibility index (Phi) is 6.75. The van der Waals surface area contributed by atoms with Gasteiger partial charge in [0.1, 0.15) is 5.82 Å². The fraction of sp³-hybridized carbons (Fsp3) is 0.316. The first-order chi connectivity index (χ1) is 11.5. The molecule has 0 aromatic heterocycles. The molecule has 1 atom stereocenters. The smallest absolute Gasteiger partial charge is 0.316 e. The van der Waals surface area contributed by atoms with Crippen molar-refractivity contribution in [1.29, 1.82) is 0 Å². The van der Waals surface area contributed by atoms with Gasteiger partial charge in [-0.1, -0.05) is 24.3 Å². The predicted octanol–water partition coefficient (Wildman–Crippen LogP) is 3.47. The number of rotatable bonds is 8. The summed E-state index contributed by atoms with van der Waals surface area (Å²) < 4.78 is 12.8. The molecule has 0 radical (unpaired) electrons. The highest BCUT2D eigenvalue weighted by atomic mass is 19.1. The maximum Gasteiger partial charge on any atom is 0.316 e. The van der Waals surface area contributed by atoms with E-state index in [0.717, 1.165) is 36.9 Å². The number of halogens is 1. The SMILES string of the molecule is CC(Cc1cccc(NC(N)=O)c1)NCCCc1ccc(F)cc1. The van der Waals surface area contributed by atoms with Crippen LogP contribution in [0.5, 0.6) is 0 Å². The van der Waals surface area contributed by atoms with Crippen molar-refractivity contribution in [3.05, 3.63) is 65.5 Å². The zero-order chi connectivity index (χ0) is 17.4. The van der Waals surface area contributed by atoms with Crippen LogP contribution in [0.15, 0.2) is 48.5 Å². The van der Waals surface area contributed by atoms with Gasteiger partial charge in [0.25, 0.3) is 0 Å². The molecule has 0 aliphatic rings. The molecule has 2 aromatic rings. The van der Waals surface area contributed by atoms with Crippen molar-refractivity contribution < 1.29 is 9.18 Å². The lowest BCUT2D eigenvalue weighted by molar-refractivity contribution is 0.259. The van der Waals surface area contributed by atoms with Crippen molar-refractivity contribution in [1.82, 2.24) is 5.32 Å². The van der Waals surface area contributed by atoms with Crippen LogP contribution in [-0.4, -0.2) is 18.6 Å². The third-order valence-corrected chi connectivity index (χ3v) is 3.78. The van der Waals surface area contributed by atoms with Gasteiger partial charge in [0.2, 0.25) is 0 Å². The van der Waals surface area contributed by atoms with Crippen LogP contribution in [0.2, 0.25) is 0 Å². The summed E-state index contributed by atoms with van der Waals surface area (Å²) in [7, 11) is 0. The average molecular weight is 329 g/mol. The molecule has 128 valence electrons. The van der Waals surface area contributed by atoms with E-state index < -0.39 is 6.03 Å². The van der Waals surface area contributed by atoms with Gasteiger partial charge in [0.05, 0.1) is 0 Å². The first kappa shape index (κ1) is 17.9. The van der Waals surface area contributed by atoms with Gasteiger partial charge >= 0.3 is 6.03 Å². The van der Waals surface area contributed by atoms with Crippen LogP contribution in [0.1, 0.15) is 24.5 Å². The zero-order valence-electron chi connectivity index (χ0n) is 13.9. The lowest BCUT2D eigenvalue weighted by Crippen LogP contribution is -2.29. The van der Waals surface area contributed by atoms with E-state index in [-0.39, 0.29) is 5.82 Å². The molecule has 4 nitrogen and oxygen atoms in total. The number of carbonyl (C=O) groups excluding carboxylic acids is 1. The number of urea groups is 1. The minimum atomic E-state index is -0.556. The van der Waals surface area contributed by atoms with Gasteiger partial charge in [-0.3, -0.25) is 0 Å². The van der Waals surface area contributed by atoms with Gasteiger partial charge in [-0.2, -0.15) is 0 Å². The van der Waals surface area contributed by atoms with Crippen LogP contribution < -0.4 is 16.4 Å². The summed E-state index contributed by atoms with van der Waals surface area (Å²) in [5.74, 6) is -0.196. The van der Waals surface area contributed by atoms with Crippen LogP contribution in [0.3, 0.4) is 0 Å². The number of nitrogens with one attached hydrogen (secondary N) is 2. The number of hydrogen-bond acceptors (Lipinski definition) is 2. The van der Waals surface area contributed by atoms with Gasteiger partial charge in [-0.15, -0.1) is 0 Å². The Hall–Kier alpha value is -2.40. The molecular weight excluding hydrogens is 305 g/mol. The number of nitrogens with two attached hydrogens (primary N) is 1. The van der Waals surface area contributed by atoms with E-state index in [2.05, 4.69) is 17.6 Å². The van der Waals surface area contributed by atoms with Crippen molar-refractivity contribution >= 4 is 11.7 Å². The lowest BCUT2D eigenvalue weighted by atomic mass is 10.1. The zero-order valence-corrected chi connectivity index (χ0v) is 13.9. The number of benzene rings is 2. The second kappa shape index (κ2) is 9.03. The Morgan fingerprint density at radius 2 is 1.92 bits per heavy atom. The summed E-state index contributed by atoms with van der Waals surface area (Å²) in [6.45, 7) is 3.03. The predicted molar refractivity (Wildman–Crippen MR) is 95.5 cm³/mol. The van der Waals surface area contributed by atoms with Gasteiger partial charge in [0.15, 0.2) is 0 Å². The van der Waals surface area contributed by atoms with E-state index in [1.54, 1.807) is 0 Å². The summed E-state index contributed by atoms with van der Waals surface area (Å²) in [6, 6.07) is 14.1. The van der Waals surface area contributed by atoms with E-state index in [0.29, 0.717) is 11.7 Å². The monoisotopic (exact) mass is 329 g/mol. The van der Waals surface area contributed by atoms with E-state index in [1.165, 1.54) is 12.1 Å². The van der Waals surface area contributed by atoms with Gasteiger partial charge < -0.3 is 16.4 Å². The van der Waals surface area contributed by atoms with E-state index >= 15 is 0 Å². The molecule has 24 heavy (non-hydrogen) atoms. The molecule has 0 heterocycles. The maximum absolute atomic E-state index is 12.8. The number of carbonyl (C=O) groups is 1. The van der Waals surface area contributed by atoms with E-state index in [4.69, 9.17) is 5.73 Å². The standard InChI is InChI=1S/C19H24FN3O/c1-14(12-16-4-2-6-18(13-16)23-19(21)24)22-11-3-5-15-7-9-17(20)10-8-15/h2,4,6-10,13-14,22H,3,5,11-12H2,1H3,(H3,21,23,24). The molecule has 5 heteroatoms. The summed E-state index contributed by atoms with van der Waals surface area (Å²) in [4.78, 5) is 10.9. The van der Waals surface area contributed by atoms with E-state index in [1.807, 2.05) is 36.4 Å². The molecule has 0 fully saturated rings. The van der Waals surface area contributed by atoms with Gasteiger partial charge in [-0.25, -0.2) is 9.18 Å². The molecule has 0 saturated heterocycles. The molecule has 0 bridgehead atoms. The highest BCUT2D eigenvalue weighted by Crippen LogP contribution is 2.12. The Balaban J connectivity index is 1.72. The quantitative estimate of drug-likeness (QED) is 0.649. The largest absolute Gasteiger partial charge is 0.351 e. The Bertz CT molecular complexity index is 658. The van der Waals surface area contributed by atoms with Crippen molar-refractivity contribution in [3.8, 4) is 0 Å². The minimum Gasteiger partial charge on any atom is -0.351 e. The molecule has 0 spiro atoms. The molecule has 0 aliphatic carbocycles. The van der Waals surface area contributed by atoms with Crippen LogP contribution in [0.25, 0.3) is 0 Å². The Morgan fingerprint density at radius 3 is 2.62 bits per heavy atom. The fourth-order valence-electron chi connectivity index (χ4n) is 2.64. The molecular formula is C19H24FN3O. The number of amides is 2. The molecule has 0 aliphatic heterocycles. The lowest BCUT2D eigenvalue weighted by Gasteiger charge is -2.14. The molecule has 2 rings (SSSR count). The second-order valence-corrected chi connectivity index (χ2v) is 5.98. The summed E-state index contributed by atoms with van der Waals surface area (Å²) in [5.41, 5.74) is 8.13. The van der Waals surface area contributed by atoms with Crippen LogP contribution >= 0.6 is 0 Å². The summed E-state index contributed by atoms with van der Waals surface area (Å²) >= 11 is 0. The normalized spacial score (nSPS) is 11.9. The summed E-state index contributed by atoms with van der Waals surface area (Å²) in [5, 5.41) is 6.07. The van der Waals surface area contributed by atoms with Crippen molar-refractivity contribution in [2.24, 2.45) is 5.73 Å². The third-order valence-electron chi connectivity index (χ3n) is 3.78. The fourth-order valence-corrected chi connectivity index (χ4v) is 2.64. The number of anilines is 1. The van der Waals surface area contributed by atoms with Crippen LogP contribution in [-0.2, 0) is 12.8 Å². The molecule has 4 N–H and O–H groups in total. The Morgan fingerprint density at radius 1 is 1.17 bits per heavy atom. The molecule has 2 aromatic carbocycles. The van der Waals surface area contributed by atoms with Crippen LogP contribution in [0, 0.1) is 5.82 Å². The number of aryl methyl sites for hydroxylation is 1. The first-order valence-electron chi connectivity index (χ1n) is 8.16. The third kappa shape index (κ3) is 6.38. The highest BCUT2D eigenvalue weighted by Gasteiger charge is 2.04. The first-order valence-corrected chi connectivity index (χ1v) is 8.16. The van der Waals surface area contributed by atoms with Crippen molar-refractivity contribution in [2.45, 2.75) is 32.2 Å².